The Labute approximate surface area is 111 Å². The van der Waals surface area contributed by atoms with E-state index in [0.717, 1.165) is 5.56 Å². The number of terminal acetylenes is 1. The molecule has 1 aromatic rings. The predicted octanol–water partition coefficient (Wildman–Crippen LogP) is 2.45. The van der Waals surface area contributed by atoms with Crippen LogP contribution in [0.5, 0.6) is 0 Å². The van der Waals surface area contributed by atoms with Crippen LogP contribution in [0.1, 0.15) is 18.4 Å². The largest absolute Gasteiger partial charge is 0.241 e. The molecule has 0 fully saturated rings. The van der Waals surface area contributed by atoms with Crippen molar-refractivity contribution < 1.29 is 8.42 Å². The van der Waals surface area contributed by atoms with Crippen molar-refractivity contribution >= 4 is 26.0 Å². The van der Waals surface area contributed by atoms with Gasteiger partial charge in [0.2, 0.25) is 10.0 Å². The Hall–Kier alpha value is -0.830. The molecule has 0 heterocycles. The summed E-state index contributed by atoms with van der Waals surface area (Å²) < 4.78 is 27.0. The Bertz CT molecular complexity index is 532. The lowest BCUT2D eigenvalue weighted by Gasteiger charge is -2.08. The van der Waals surface area contributed by atoms with E-state index in [4.69, 9.17) is 6.42 Å². The fraction of sp³-hybridized carbons (Fsp3) is 0.333. The number of nitrogens with one attached hydrogen (secondary N) is 1. The molecule has 0 atom stereocenters. The van der Waals surface area contributed by atoms with Gasteiger partial charge in [-0.05, 0) is 47.0 Å². The van der Waals surface area contributed by atoms with Crippen LogP contribution in [0, 0.1) is 19.3 Å². The first-order valence-electron chi connectivity index (χ1n) is 5.16. The summed E-state index contributed by atoms with van der Waals surface area (Å²) in [5.41, 5.74) is 1.00. The molecule has 0 saturated heterocycles. The van der Waals surface area contributed by atoms with Crippen LogP contribution in [0.15, 0.2) is 27.6 Å². The molecule has 0 spiro atoms. The third kappa shape index (κ3) is 4.15. The highest BCUT2D eigenvalue weighted by Crippen LogP contribution is 2.22. The van der Waals surface area contributed by atoms with E-state index in [1.165, 1.54) is 0 Å². The predicted molar refractivity (Wildman–Crippen MR) is 72.1 cm³/mol. The third-order valence-electron chi connectivity index (χ3n) is 2.17. The fourth-order valence-electron chi connectivity index (χ4n) is 1.30. The van der Waals surface area contributed by atoms with Gasteiger partial charge in [-0.25, -0.2) is 13.1 Å². The van der Waals surface area contributed by atoms with Gasteiger partial charge in [0.05, 0.1) is 4.90 Å². The van der Waals surface area contributed by atoms with Crippen molar-refractivity contribution in [3.05, 3.63) is 28.2 Å². The quantitative estimate of drug-likeness (QED) is 0.670. The maximum Gasteiger partial charge on any atom is 0.241 e. The van der Waals surface area contributed by atoms with Gasteiger partial charge in [0.15, 0.2) is 0 Å². The molecule has 3 nitrogen and oxygen atoms in total. The van der Waals surface area contributed by atoms with E-state index in [1.807, 2.05) is 6.92 Å². The fourth-order valence-corrected chi connectivity index (χ4v) is 3.56. The topological polar surface area (TPSA) is 46.2 Å². The molecule has 1 rings (SSSR count). The van der Waals surface area contributed by atoms with Crippen molar-refractivity contribution in [1.29, 1.82) is 0 Å². The third-order valence-corrected chi connectivity index (χ3v) is 4.60. The summed E-state index contributed by atoms with van der Waals surface area (Å²) in [6.07, 6.45) is 6.30. The molecule has 0 amide bonds. The van der Waals surface area contributed by atoms with Gasteiger partial charge in [0.25, 0.3) is 0 Å². The monoisotopic (exact) mass is 315 g/mol. The van der Waals surface area contributed by atoms with Crippen LogP contribution in [-0.4, -0.2) is 15.0 Å². The minimum atomic E-state index is -3.45. The van der Waals surface area contributed by atoms with E-state index in [-0.39, 0.29) is 4.90 Å². The van der Waals surface area contributed by atoms with Gasteiger partial charge in [0.1, 0.15) is 0 Å². The van der Waals surface area contributed by atoms with Gasteiger partial charge in [-0.2, -0.15) is 0 Å². The van der Waals surface area contributed by atoms with E-state index in [0.29, 0.717) is 23.9 Å². The minimum absolute atomic E-state index is 0.254. The lowest BCUT2D eigenvalue weighted by atomic mass is 10.2. The maximum atomic E-state index is 11.9. The van der Waals surface area contributed by atoms with Crippen molar-refractivity contribution in [2.45, 2.75) is 24.7 Å². The summed E-state index contributed by atoms with van der Waals surface area (Å²) in [5.74, 6) is 2.47. The van der Waals surface area contributed by atoms with Gasteiger partial charge in [-0.1, -0.05) is 6.07 Å². The molecule has 1 N–H and O–H groups in total. The number of hydrogen-bond donors (Lipinski definition) is 1. The highest BCUT2D eigenvalue weighted by atomic mass is 79.9. The van der Waals surface area contributed by atoms with Gasteiger partial charge < -0.3 is 0 Å². The zero-order valence-electron chi connectivity index (χ0n) is 9.53. The summed E-state index contributed by atoms with van der Waals surface area (Å²) in [7, 11) is -3.45. The standard InChI is InChI=1S/C12H14BrNO2S/c1-3-4-5-8-14-17(15,16)12-7-6-10(2)9-11(12)13/h1,6-7,9,14H,4-5,8H2,2H3. The SMILES string of the molecule is C#CCCCNS(=O)(=O)c1ccc(C)cc1Br. The lowest BCUT2D eigenvalue weighted by molar-refractivity contribution is 0.579. The van der Waals surface area contributed by atoms with Gasteiger partial charge in [-0.3, -0.25) is 0 Å². The molecule has 0 aliphatic carbocycles. The number of hydrogen-bond acceptors (Lipinski definition) is 2. The maximum absolute atomic E-state index is 11.9. The van der Waals surface area contributed by atoms with Crippen molar-refractivity contribution in [2.75, 3.05) is 6.54 Å². The summed E-state index contributed by atoms with van der Waals surface area (Å²) in [5, 5.41) is 0. The molecule has 0 unspecified atom stereocenters. The number of aryl methyl sites for hydroxylation is 1. The molecule has 0 aliphatic heterocycles. The average Bonchev–Trinajstić information content (AvgIpc) is 2.24. The average molecular weight is 316 g/mol. The Morgan fingerprint density at radius 1 is 1.47 bits per heavy atom. The van der Waals surface area contributed by atoms with Gasteiger partial charge in [-0.15, -0.1) is 12.3 Å². The van der Waals surface area contributed by atoms with Crippen LogP contribution in [0.25, 0.3) is 0 Å². The van der Waals surface area contributed by atoms with E-state index in [2.05, 4.69) is 26.6 Å². The highest BCUT2D eigenvalue weighted by molar-refractivity contribution is 9.10. The molecular weight excluding hydrogens is 302 g/mol. The molecule has 5 heteroatoms. The number of sulfonamides is 1. The second kappa shape index (κ2) is 6.20. The Morgan fingerprint density at radius 3 is 2.76 bits per heavy atom. The van der Waals surface area contributed by atoms with Crippen LogP contribution in [0.3, 0.4) is 0 Å². The molecule has 0 radical (unpaired) electrons. The molecule has 1 aromatic carbocycles. The number of unbranched alkanes of at least 4 members (excludes halogenated alkanes) is 1. The smallest absolute Gasteiger partial charge is 0.211 e. The zero-order chi connectivity index (χ0) is 12.9. The van der Waals surface area contributed by atoms with Gasteiger partial charge in [0, 0.05) is 17.4 Å². The van der Waals surface area contributed by atoms with E-state index >= 15 is 0 Å². The summed E-state index contributed by atoms with van der Waals surface area (Å²) >= 11 is 3.25. The Balaban J connectivity index is 2.80. The van der Waals surface area contributed by atoms with Gasteiger partial charge >= 0.3 is 0 Å². The van der Waals surface area contributed by atoms with E-state index < -0.39 is 10.0 Å². The number of rotatable bonds is 5. The van der Waals surface area contributed by atoms with Crippen LogP contribution in [0.4, 0.5) is 0 Å². The van der Waals surface area contributed by atoms with Crippen molar-refractivity contribution in [3.8, 4) is 12.3 Å². The molecule has 0 saturated carbocycles. The molecular formula is C12H14BrNO2S. The first-order chi connectivity index (χ1) is 7.97. The molecule has 0 bridgehead atoms. The highest BCUT2D eigenvalue weighted by Gasteiger charge is 2.16. The van der Waals surface area contributed by atoms with E-state index in [1.54, 1.807) is 18.2 Å². The van der Waals surface area contributed by atoms with Crippen LogP contribution < -0.4 is 4.72 Å². The number of halogens is 1. The van der Waals surface area contributed by atoms with Crippen molar-refractivity contribution in [1.82, 2.24) is 4.72 Å². The van der Waals surface area contributed by atoms with Crippen LogP contribution in [-0.2, 0) is 10.0 Å². The zero-order valence-corrected chi connectivity index (χ0v) is 11.9. The lowest BCUT2D eigenvalue weighted by Crippen LogP contribution is -2.25. The first kappa shape index (κ1) is 14.2. The minimum Gasteiger partial charge on any atom is -0.211 e. The van der Waals surface area contributed by atoms with Crippen molar-refractivity contribution in [3.63, 3.8) is 0 Å². The Morgan fingerprint density at radius 2 is 2.18 bits per heavy atom. The van der Waals surface area contributed by atoms with Crippen LogP contribution in [0.2, 0.25) is 0 Å². The van der Waals surface area contributed by atoms with E-state index in [9.17, 15) is 8.42 Å². The Kier molecular flexibility index (Phi) is 5.19. The summed E-state index contributed by atoms with van der Waals surface area (Å²) in [4.78, 5) is 0.254. The molecule has 92 valence electrons. The normalized spacial score (nSPS) is 11.1. The van der Waals surface area contributed by atoms with Crippen molar-refractivity contribution in [2.24, 2.45) is 0 Å². The summed E-state index contributed by atoms with van der Waals surface area (Å²) in [6, 6.07) is 5.12. The first-order valence-corrected chi connectivity index (χ1v) is 7.44. The molecule has 0 aromatic heterocycles. The molecule has 0 aliphatic rings. The second-order valence-corrected chi connectivity index (χ2v) is 6.23. The number of benzene rings is 1. The molecule has 17 heavy (non-hydrogen) atoms. The van der Waals surface area contributed by atoms with Crippen LogP contribution >= 0.6 is 15.9 Å². The second-order valence-electron chi connectivity index (χ2n) is 3.64. The summed E-state index contributed by atoms with van der Waals surface area (Å²) in [6.45, 7) is 2.26.